The van der Waals surface area contributed by atoms with Gasteiger partial charge in [-0.15, -0.1) is 0 Å². The quantitative estimate of drug-likeness (QED) is 0.437. The molecule has 0 amide bonds. The third-order valence-electron chi connectivity index (χ3n) is 11.8. The molecule has 0 aromatic heterocycles. The van der Waals surface area contributed by atoms with Gasteiger partial charge in [-0.25, -0.2) is 0 Å². The summed E-state index contributed by atoms with van der Waals surface area (Å²) in [5.74, 6) is 4.84. The van der Waals surface area contributed by atoms with E-state index in [1.807, 2.05) is 0 Å². The maximum atomic E-state index is 6.93. The maximum absolute atomic E-state index is 6.93. The number of hydrogen-bond donors (Lipinski definition) is 0. The molecular weight excluding hydrogens is 356 g/mol. The fourth-order valence-corrected chi connectivity index (χ4v) is 10.4. The van der Waals surface area contributed by atoms with Gasteiger partial charge in [0, 0.05) is 12.3 Å². The van der Waals surface area contributed by atoms with Gasteiger partial charge in [-0.1, -0.05) is 33.6 Å². The average Bonchev–Trinajstić information content (AvgIpc) is 3.23. The fraction of sp³-hybridized carbons (Fsp3) is 1.00. The molecule has 2 nitrogen and oxygen atoms in total. The molecule has 6 aliphatic rings. The van der Waals surface area contributed by atoms with Gasteiger partial charge in [0.1, 0.15) is 0 Å². The van der Waals surface area contributed by atoms with E-state index in [-0.39, 0.29) is 11.4 Å². The van der Waals surface area contributed by atoms with E-state index in [1.54, 1.807) is 0 Å². The van der Waals surface area contributed by atoms with Crippen LogP contribution in [0.5, 0.6) is 0 Å². The van der Waals surface area contributed by atoms with E-state index >= 15 is 0 Å². The van der Waals surface area contributed by atoms with Gasteiger partial charge in [0.05, 0.1) is 11.7 Å². The zero-order chi connectivity index (χ0) is 20.2. The van der Waals surface area contributed by atoms with Gasteiger partial charge in [-0.3, -0.25) is 0 Å². The fourth-order valence-electron chi connectivity index (χ4n) is 10.4. The summed E-state index contributed by atoms with van der Waals surface area (Å²) >= 11 is 0. The van der Waals surface area contributed by atoms with Crippen LogP contribution in [0, 0.1) is 46.3 Å². The second-order valence-electron chi connectivity index (χ2n) is 13.3. The largest absolute Gasteiger partial charge is 0.346 e. The highest BCUT2D eigenvalue weighted by atomic mass is 16.7. The minimum absolute atomic E-state index is 0.0151. The number of hydrogen-bond acceptors (Lipinski definition) is 2. The standard InChI is InChI=1S/C27H44O2/c1-17-23-22(28-27(17)15-14-24(2,3)29-27)16-21-19-10-9-18-8-6-7-12-25(18,4)20(19)11-13-26(21,23)5/h17-23H,6-16H2,1-5H3/t17-,18-,19+,20-,21-,22-,23-,25-,26-,27-/m0/s1. The molecule has 2 saturated heterocycles. The molecule has 0 aromatic carbocycles. The third-order valence-corrected chi connectivity index (χ3v) is 11.8. The SMILES string of the molecule is C[C@H]1[C@H]2[C@H](C[C@H]3[C@@H]4CC[C@@H]5CCCC[C@]5(C)[C@H]4CC[C@]23C)O[C@]12CCC(C)(C)O2. The molecule has 0 bridgehead atoms. The van der Waals surface area contributed by atoms with Crippen molar-refractivity contribution in [2.45, 2.75) is 123 Å². The Hall–Kier alpha value is -0.0800. The Morgan fingerprint density at radius 1 is 0.759 bits per heavy atom. The van der Waals surface area contributed by atoms with Gasteiger partial charge in [0.25, 0.3) is 0 Å². The van der Waals surface area contributed by atoms with Crippen LogP contribution in [0.4, 0.5) is 0 Å². The normalized spacial score (nSPS) is 60.5. The lowest BCUT2D eigenvalue weighted by Crippen LogP contribution is -2.53. The molecule has 6 rings (SSSR count). The van der Waals surface area contributed by atoms with Gasteiger partial charge < -0.3 is 9.47 Å². The van der Waals surface area contributed by atoms with Crippen molar-refractivity contribution in [3.8, 4) is 0 Å². The lowest BCUT2D eigenvalue weighted by Gasteiger charge is -2.60. The summed E-state index contributed by atoms with van der Waals surface area (Å²) in [6, 6.07) is 0. The van der Waals surface area contributed by atoms with Crippen molar-refractivity contribution in [1.82, 2.24) is 0 Å². The third kappa shape index (κ3) is 2.48. The van der Waals surface area contributed by atoms with E-state index in [4.69, 9.17) is 9.47 Å². The van der Waals surface area contributed by atoms with Gasteiger partial charge >= 0.3 is 0 Å². The lowest BCUT2D eigenvalue weighted by atomic mass is 9.44. The first-order valence-electron chi connectivity index (χ1n) is 13.1. The molecule has 10 atom stereocenters. The lowest BCUT2D eigenvalue weighted by molar-refractivity contribution is -0.254. The topological polar surface area (TPSA) is 18.5 Å². The van der Waals surface area contributed by atoms with E-state index in [2.05, 4.69) is 34.6 Å². The van der Waals surface area contributed by atoms with Crippen molar-refractivity contribution >= 4 is 0 Å². The Morgan fingerprint density at radius 3 is 2.34 bits per heavy atom. The van der Waals surface area contributed by atoms with Crippen molar-refractivity contribution in [2.24, 2.45) is 46.3 Å². The van der Waals surface area contributed by atoms with Crippen LogP contribution >= 0.6 is 0 Å². The highest BCUT2D eigenvalue weighted by molar-refractivity contribution is 5.15. The van der Waals surface area contributed by atoms with Gasteiger partial charge in [-0.05, 0) is 106 Å². The highest BCUT2D eigenvalue weighted by Gasteiger charge is 2.70. The van der Waals surface area contributed by atoms with E-state index in [0.29, 0.717) is 28.8 Å². The minimum atomic E-state index is -0.281. The molecule has 0 radical (unpaired) electrons. The predicted molar refractivity (Wildman–Crippen MR) is 116 cm³/mol. The Balaban J connectivity index is 1.29. The van der Waals surface area contributed by atoms with Gasteiger partial charge in [0.2, 0.25) is 0 Å². The highest BCUT2D eigenvalue weighted by Crippen LogP contribution is 2.71. The Kier molecular flexibility index (Phi) is 4.08. The molecule has 164 valence electrons. The van der Waals surface area contributed by atoms with Crippen LogP contribution in [-0.2, 0) is 9.47 Å². The maximum Gasteiger partial charge on any atom is 0.172 e. The molecule has 0 unspecified atom stereocenters. The molecule has 1 spiro atoms. The second-order valence-corrected chi connectivity index (χ2v) is 13.3. The van der Waals surface area contributed by atoms with E-state index < -0.39 is 0 Å². The van der Waals surface area contributed by atoms with Crippen molar-refractivity contribution in [2.75, 3.05) is 0 Å². The summed E-state index contributed by atoms with van der Waals surface area (Å²) < 4.78 is 13.6. The first-order chi connectivity index (χ1) is 13.7. The summed E-state index contributed by atoms with van der Waals surface area (Å²) in [4.78, 5) is 0. The van der Waals surface area contributed by atoms with E-state index in [0.717, 1.165) is 36.5 Å². The van der Waals surface area contributed by atoms with Crippen LogP contribution < -0.4 is 0 Å². The molecule has 4 aliphatic carbocycles. The molecular formula is C27H44O2. The Bertz CT molecular complexity index is 686. The molecule has 0 aromatic rings. The van der Waals surface area contributed by atoms with E-state index in [9.17, 15) is 0 Å². The summed E-state index contributed by atoms with van der Waals surface area (Å²) in [5, 5.41) is 0. The first-order valence-corrected chi connectivity index (χ1v) is 13.1. The number of fused-ring (bicyclic) bond motifs is 7. The van der Waals surface area contributed by atoms with Crippen LogP contribution in [0.25, 0.3) is 0 Å². The molecule has 0 N–H and O–H groups in total. The van der Waals surface area contributed by atoms with Crippen LogP contribution in [0.3, 0.4) is 0 Å². The van der Waals surface area contributed by atoms with Crippen LogP contribution in [0.1, 0.15) is 105 Å². The zero-order valence-electron chi connectivity index (χ0n) is 19.6. The van der Waals surface area contributed by atoms with Crippen molar-refractivity contribution in [3.05, 3.63) is 0 Å². The van der Waals surface area contributed by atoms with Crippen LogP contribution in [0.2, 0.25) is 0 Å². The number of ether oxygens (including phenoxy) is 2. The van der Waals surface area contributed by atoms with Crippen molar-refractivity contribution < 1.29 is 9.47 Å². The average molecular weight is 401 g/mol. The smallest absolute Gasteiger partial charge is 0.172 e. The van der Waals surface area contributed by atoms with E-state index in [1.165, 1.54) is 57.8 Å². The molecule has 2 aliphatic heterocycles. The molecule has 29 heavy (non-hydrogen) atoms. The number of rotatable bonds is 0. The Morgan fingerprint density at radius 2 is 1.59 bits per heavy atom. The second kappa shape index (κ2) is 6.03. The summed E-state index contributed by atoms with van der Waals surface area (Å²) in [5.41, 5.74) is 1.11. The van der Waals surface area contributed by atoms with Crippen LogP contribution in [-0.4, -0.2) is 17.5 Å². The predicted octanol–water partition coefficient (Wildman–Crippen LogP) is 6.97. The summed E-state index contributed by atoms with van der Waals surface area (Å²) in [6.07, 6.45) is 16.0. The molecule has 4 saturated carbocycles. The molecule has 2 heteroatoms. The summed E-state index contributed by atoms with van der Waals surface area (Å²) in [6.45, 7) is 12.4. The zero-order valence-corrected chi connectivity index (χ0v) is 19.6. The monoisotopic (exact) mass is 400 g/mol. The van der Waals surface area contributed by atoms with Crippen molar-refractivity contribution in [1.29, 1.82) is 0 Å². The first kappa shape index (κ1) is 19.6. The minimum Gasteiger partial charge on any atom is -0.346 e. The van der Waals surface area contributed by atoms with Gasteiger partial charge in [-0.2, -0.15) is 0 Å². The van der Waals surface area contributed by atoms with Crippen molar-refractivity contribution in [3.63, 3.8) is 0 Å². The molecule has 2 heterocycles. The van der Waals surface area contributed by atoms with Gasteiger partial charge in [0.15, 0.2) is 5.79 Å². The summed E-state index contributed by atoms with van der Waals surface area (Å²) in [7, 11) is 0. The molecule has 6 fully saturated rings. The Labute approximate surface area is 178 Å². The van der Waals surface area contributed by atoms with Crippen LogP contribution in [0.15, 0.2) is 0 Å².